The minimum absolute atomic E-state index is 0.182. The number of nitrogens with one attached hydrogen (secondary N) is 1. The van der Waals surface area contributed by atoms with Crippen LogP contribution in [0.15, 0.2) is 42.5 Å². The molecule has 1 heterocycles. The Hall–Kier alpha value is -3.00. The van der Waals surface area contributed by atoms with Crippen LogP contribution in [0.2, 0.25) is 0 Å². The lowest BCUT2D eigenvalue weighted by molar-refractivity contribution is -0.137. The minimum atomic E-state index is -4.41. The monoisotopic (exact) mass is 389 g/mol. The molecule has 28 heavy (non-hydrogen) atoms. The van der Waals surface area contributed by atoms with Gasteiger partial charge in [-0.3, -0.25) is 4.79 Å². The Balaban J connectivity index is 1.99. The van der Waals surface area contributed by atoms with E-state index in [0.29, 0.717) is 22.3 Å². The normalized spacial score (nSPS) is 12.8. The highest BCUT2D eigenvalue weighted by Crippen LogP contribution is 2.31. The molecule has 0 radical (unpaired) electrons. The molecule has 5 nitrogen and oxygen atoms in total. The molecular weight excluding hydrogens is 371 g/mol. The largest absolute Gasteiger partial charge is 0.416 e. The van der Waals surface area contributed by atoms with Crippen molar-refractivity contribution in [3.63, 3.8) is 0 Å². The smallest absolute Gasteiger partial charge is 0.394 e. The van der Waals surface area contributed by atoms with Crippen molar-refractivity contribution in [2.45, 2.75) is 26.1 Å². The third-order valence-corrected chi connectivity index (χ3v) is 4.27. The lowest BCUT2D eigenvalue weighted by Gasteiger charge is -2.12. The summed E-state index contributed by atoms with van der Waals surface area (Å²) in [5.74, 6) is -0.0733. The zero-order valence-electron chi connectivity index (χ0n) is 15.2. The Morgan fingerprint density at radius 2 is 1.82 bits per heavy atom. The zero-order valence-corrected chi connectivity index (χ0v) is 15.2. The molecule has 0 bridgehead atoms. The minimum Gasteiger partial charge on any atom is -0.394 e. The maximum atomic E-state index is 12.7. The molecule has 1 atom stereocenters. The van der Waals surface area contributed by atoms with Crippen LogP contribution in [0.3, 0.4) is 0 Å². The van der Waals surface area contributed by atoms with E-state index < -0.39 is 17.8 Å². The van der Waals surface area contributed by atoms with Gasteiger partial charge in [0.15, 0.2) is 5.82 Å². The van der Waals surface area contributed by atoms with Gasteiger partial charge in [0.05, 0.1) is 17.7 Å². The van der Waals surface area contributed by atoms with E-state index >= 15 is 0 Å². The Bertz CT molecular complexity index is 1020. The van der Waals surface area contributed by atoms with Crippen LogP contribution >= 0.6 is 0 Å². The van der Waals surface area contributed by atoms with E-state index in [9.17, 15) is 18.0 Å². The number of hydrogen-bond donors (Lipinski definition) is 2. The number of carbonyl (C=O) groups is 1. The standard InChI is InChI=1S/C20H18F3N3O2/c1-11(10-27)24-19(28)14-5-8-16-12(2)25-18(26-17(16)9-14)13-3-6-15(7-4-13)20(21,22)23/h3-9,11,27H,10H2,1-2H3,(H,24,28). The molecule has 0 spiro atoms. The number of nitrogens with zero attached hydrogens (tertiary/aromatic N) is 2. The van der Waals surface area contributed by atoms with Gasteiger partial charge in [-0.25, -0.2) is 9.97 Å². The molecule has 0 aliphatic carbocycles. The van der Waals surface area contributed by atoms with Crippen molar-refractivity contribution in [2.24, 2.45) is 0 Å². The summed E-state index contributed by atoms with van der Waals surface area (Å²) in [5, 5.41) is 12.5. The molecule has 146 valence electrons. The van der Waals surface area contributed by atoms with Gasteiger partial charge in [-0.2, -0.15) is 13.2 Å². The molecule has 3 rings (SSSR count). The first-order valence-corrected chi connectivity index (χ1v) is 8.57. The number of rotatable bonds is 4. The molecular formula is C20H18F3N3O2. The van der Waals surface area contributed by atoms with Gasteiger partial charge in [-0.05, 0) is 38.1 Å². The first-order chi connectivity index (χ1) is 13.2. The van der Waals surface area contributed by atoms with E-state index in [1.165, 1.54) is 12.1 Å². The summed E-state index contributed by atoms with van der Waals surface area (Å²) in [6.07, 6.45) is -4.41. The number of aliphatic hydroxyl groups excluding tert-OH is 1. The Labute approximate surface area is 159 Å². The molecule has 2 aromatic carbocycles. The molecule has 1 unspecified atom stereocenters. The second-order valence-electron chi connectivity index (χ2n) is 6.50. The van der Waals surface area contributed by atoms with Crippen LogP contribution in [0.5, 0.6) is 0 Å². The first kappa shape index (κ1) is 19.8. The predicted molar refractivity (Wildman–Crippen MR) is 98.7 cm³/mol. The summed E-state index contributed by atoms with van der Waals surface area (Å²) in [6.45, 7) is 3.26. The van der Waals surface area contributed by atoms with Gasteiger partial charge in [0.25, 0.3) is 5.91 Å². The topological polar surface area (TPSA) is 75.1 Å². The fourth-order valence-electron chi connectivity index (χ4n) is 2.72. The number of benzene rings is 2. The molecule has 0 aliphatic heterocycles. The number of aryl methyl sites for hydroxylation is 1. The van der Waals surface area contributed by atoms with Crippen molar-refractivity contribution >= 4 is 16.8 Å². The lowest BCUT2D eigenvalue weighted by atomic mass is 10.1. The van der Waals surface area contributed by atoms with Gasteiger partial charge >= 0.3 is 6.18 Å². The van der Waals surface area contributed by atoms with Gasteiger partial charge in [0.1, 0.15) is 0 Å². The molecule has 3 aromatic rings. The second kappa shape index (κ2) is 7.55. The maximum Gasteiger partial charge on any atom is 0.416 e. The van der Waals surface area contributed by atoms with Gasteiger partial charge in [0.2, 0.25) is 0 Å². The van der Waals surface area contributed by atoms with E-state index in [0.717, 1.165) is 17.5 Å². The number of amides is 1. The second-order valence-corrected chi connectivity index (χ2v) is 6.50. The van der Waals surface area contributed by atoms with Crippen molar-refractivity contribution in [3.8, 4) is 11.4 Å². The fourth-order valence-corrected chi connectivity index (χ4v) is 2.72. The van der Waals surface area contributed by atoms with Crippen LogP contribution in [-0.2, 0) is 6.18 Å². The molecule has 1 aromatic heterocycles. The number of carbonyl (C=O) groups excluding carboxylic acids is 1. The fraction of sp³-hybridized carbons (Fsp3) is 0.250. The van der Waals surface area contributed by atoms with Crippen LogP contribution in [-0.4, -0.2) is 33.6 Å². The molecule has 0 fully saturated rings. The third kappa shape index (κ3) is 4.12. The van der Waals surface area contributed by atoms with E-state index in [4.69, 9.17) is 5.11 Å². The van der Waals surface area contributed by atoms with Crippen molar-refractivity contribution < 1.29 is 23.1 Å². The SMILES string of the molecule is Cc1nc(-c2ccc(C(F)(F)F)cc2)nc2cc(C(=O)NC(C)CO)ccc12. The zero-order chi connectivity index (χ0) is 20.5. The number of aliphatic hydroxyl groups is 1. The van der Waals surface area contributed by atoms with E-state index in [2.05, 4.69) is 15.3 Å². The van der Waals surface area contributed by atoms with Crippen LogP contribution in [0, 0.1) is 6.92 Å². The van der Waals surface area contributed by atoms with Gasteiger partial charge < -0.3 is 10.4 Å². The van der Waals surface area contributed by atoms with Crippen molar-refractivity contribution in [3.05, 3.63) is 59.3 Å². The number of halogens is 3. The summed E-state index contributed by atoms with van der Waals surface area (Å²) in [7, 11) is 0. The summed E-state index contributed by atoms with van der Waals surface area (Å²) >= 11 is 0. The first-order valence-electron chi connectivity index (χ1n) is 8.57. The Morgan fingerprint density at radius 1 is 1.14 bits per heavy atom. The van der Waals surface area contributed by atoms with E-state index in [1.54, 1.807) is 32.0 Å². The molecule has 0 saturated heterocycles. The average Bonchev–Trinajstić information content (AvgIpc) is 2.66. The van der Waals surface area contributed by atoms with Crippen LogP contribution in [0.25, 0.3) is 22.3 Å². The quantitative estimate of drug-likeness (QED) is 0.713. The Morgan fingerprint density at radius 3 is 2.43 bits per heavy atom. The van der Waals surface area contributed by atoms with E-state index in [-0.39, 0.29) is 18.3 Å². The lowest BCUT2D eigenvalue weighted by Crippen LogP contribution is -2.34. The molecule has 1 amide bonds. The molecule has 8 heteroatoms. The summed E-state index contributed by atoms with van der Waals surface area (Å²) in [5.41, 5.74) is 1.22. The highest BCUT2D eigenvalue weighted by Gasteiger charge is 2.30. The van der Waals surface area contributed by atoms with Crippen LogP contribution in [0.4, 0.5) is 13.2 Å². The van der Waals surface area contributed by atoms with Crippen LogP contribution in [0.1, 0.15) is 28.5 Å². The predicted octanol–water partition coefficient (Wildman–Crippen LogP) is 3.73. The summed E-state index contributed by atoms with van der Waals surface area (Å²) in [6, 6.07) is 9.17. The van der Waals surface area contributed by atoms with E-state index in [1.807, 2.05) is 0 Å². The van der Waals surface area contributed by atoms with Gasteiger partial charge in [-0.15, -0.1) is 0 Å². The third-order valence-electron chi connectivity index (χ3n) is 4.27. The number of fused-ring (bicyclic) bond motifs is 1. The highest BCUT2D eigenvalue weighted by molar-refractivity contribution is 5.98. The van der Waals surface area contributed by atoms with Gasteiger partial charge in [-0.1, -0.05) is 18.2 Å². The molecule has 2 N–H and O–H groups in total. The number of alkyl halides is 3. The van der Waals surface area contributed by atoms with Crippen molar-refractivity contribution in [2.75, 3.05) is 6.61 Å². The summed E-state index contributed by atoms with van der Waals surface area (Å²) in [4.78, 5) is 21.0. The number of aromatic nitrogens is 2. The molecule has 0 aliphatic rings. The number of hydrogen-bond acceptors (Lipinski definition) is 4. The van der Waals surface area contributed by atoms with Crippen molar-refractivity contribution in [1.29, 1.82) is 0 Å². The maximum absolute atomic E-state index is 12.7. The summed E-state index contributed by atoms with van der Waals surface area (Å²) < 4.78 is 38.2. The average molecular weight is 389 g/mol. The van der Waals surface area contributed by atoms with Crippen LogP contribution < -0.4 is 5.32 Å². The van der Waals surface area contributed by atoms with Gasteiger partial charge in [0, 0.05) is 28.2 Å². The Kier molecular flexibility index (Phi) is 5.33. The van der Waals surface area contributed by atoms with Crippen molar-refractivity contribution in [1.82, 2.24) is 15.3 Å². The molecule has 0 saturated carbocycles. The highest BCUT2D eigenvalue weighted by atomic mass is 19.4.